The Morgan fingerprint density at radius 3 is 3.17 bits per heavy atom. The molecule has 94 valence electrons. The van der Waals surface area contributed by atoms with Gasteiger partial charge in [-0.3, -0.25) is 5.10 Å². The summed E-state index contributed by atoms with van der Waals surface area (Å²) in [6, 6.07) is 10.5. The van der Waals surface area contributed by atoms with Crippen LogP contribution in [0.2, 0.25) is 0 Å². The Morgan fingerprint density at radius 2 is 2.39 bits per heavy atom. The second-order valence-corrected chi connectivity index (χ2v) is 5.81. The molecule has 0 saturated carbocycles. The molecule has 3 rings (SSSR count). The summed E-state index contributed by atoms with van der Waals surface area (Å²) in [7, 11) is 0. The quantitative estimate of drug-likeness (QED) is 0.885. The van der Waals surface area contributed by atoms with Crippen molar-refractivity contribution in [1.82, 2.24) is 10.2 Å². The van der Waals surface area contributed by atoms with Gasteiger partial charge in [-0.25, -0.2) is 0 Å². The van der Waals surface area contributed by atoms with Crippen LogP contribution in [0.1, 0.15) is 6.42 Å². The van der Waals surface area contributed by atoms with Crippen molar-refractivity contribution in [3.63, 3.8) is 0 Å². The summed E-state index contributed by atoms with van der Waals surface area (Å²) >= 11 is 2.07. The third-order valence-corrected chi connectivity index (χ3v) is 4.52. The zero-order chi connectivity index (χ0) is 12.2. The number of hydrogen-bond donors (Lipinski definition) is 2. The normalized spacial score (nSPS) is 19.0. The average molecular weight is 259 g/mol. The number of nitrogens with one attached hydrogen (secondary N) is 2. The van der Waals surface area contributed by atoms with Gasteiger partial charge < -0.3 is 5.32 Å². The van der Waals surface area contributed by atoms with Crippen molar-refractivity contribution in [3.05, 3.63) is 36.5 Å². The highest BCUT2D eigenvalue weighted by Gasteiger charge is 2.14. The zero-order valence-corrected chi connectivity index (χ0v) is 11.0. The molecule has 2 heterocycles. The van der Waals surface area contributed by atoms with Crippen LogP contribution in [0.25, 0.3) is 11.3 Å². The lowest BCUT2D eigenvalue weighted by atomic mass is 10.1. The third-order valence-electron chi connectivity index (χ3n) is 3.29. The largest absolute Gasteiger partial charge is 0.385 e. The van der Waals surface area contributed by atoms with Crippen LogP contribution in [0.15, 0.2) is 36.5 Å². The molecule has 1 unspecified atom stereocenters. The fourth-order valence-electron chi connectivity index (χ4n) is 2.22. The Labute approximate surface area is 111 Å². The Kier molecular flexibility index (Phi) is 3.55. The van der Waals surface area contributed by atoms with Gasteiger partial charge in [0.25, 0.3) is 0 Å². The van der Waals surface area contributed by atoms with E-state index in [0.717, 1.165) is 18.2 Å². The van der Waals surface area contributed by atoms with Gasteiger partial charge in [-0.15, -0.1) is 0 Å². The van der Waals surface area contributed by atoms with Crippen LogP contribution >= 0.6 is 11.8 Å². The molecule has 0 spiro atoms. The Hall–Kier alpha value is -1.42. The molecule has 1 saturated heterocycles. The van der Waals surface area contributed by atoms with E-state index in [1.54, 1.807) is 6.20 Å². The summed E-state index contributed by atoms with van der Waals surface area (Å²) < 4.78 is 0. The molecule has 1 atom stereocenters. The van der Waals surface area contributed by atoms with Crippen molar-refractivity contribution in [2.75, 3.05) is 23.4 Å². The first-order chi connectivity index (χ1) is 8.92. The smallest absolute Gasteiger partial charge is 0.0650 e. The standard InChI is InChI=1S/C14H17N3S/c1-2-12(14-4-6-16-17-14)8-13(3-1)15-9-11-5-7-18-10-11/h1-4,6,8,11,15H,5,7,9-10H2,(H,16,17). The van der Waals surface area contributed by atoms with Gasteiger partial charge in [0.1, 0.15) is 0 Å². The molecule has 0 aliphatic carbocycles. The van der Waals surface area contributed by atoms with E-state index in [1.807, 2.05) is 6.07 Å². The zero-order valence-electron chi connectivity index (χ0n) is 10.2. The van der Waals surface area contributed by atoms with Gasteiger partial charge in [-0.1, -0.05) is 12.1 Å². The highest BCUT2D eigenvalue weighted by molar-refractivity contribution is 7.99. The van der Waals surface area contributed by atoms with E-state index in [9.17, 15) is 0 Å². The van der Waals surface area contributed by atoms with Gasteiger partial charge in [-0.05, 0) is 42.0 Å². The molecule has 0 radical (unpaired) electrons. The maximum Gasteiger partial charge on any atom is 0.0650 e. The molecule has 3 nitrogen and oxygen atoms in total. The fourth-order valence-corrected chi connectivity index (χ4v) is 3.50. The highest BCUT2D eigenvalue weighted by Crippen LogP contribution is 2.25. The van der Waals surface area contributed by atoms with E-state index in [0.29, 0.717) is 0 Å². The van der Waals surface area contributed by atoms with Gasteiger partial charge in [0.15, 0.2) is 0 Å². The second-order valence-electron chi connectivity index (χ2n) is 4.66. The van der Waals surface area contributed by atoms with Crippen molar-refractivity contribution in [3.8, 4) is 11.3 Å². The van der Waals surface area contributed by atoms with Crippen LogP contribution in [-0.2, 0) is 0 Å². The van der Waals surface area contributed by atoms with Gasteiger partial charge >= 0.3 is 0 Å². The summed E-state index contributed by atoms with van der Waals surface area (Å²) in [6.45, 7) is 1.08. The van der Waals surface area contributed by atoms with E-state index < -0.39 is 0 Å². The summed E-state index contributed by atoms with van der Waals surface area (Å²) in [6.07, 6.45) is 3.13. The van der Waals surface area contributed by atoms with Crippen LogP contribution < -0.4 is 5.32 Å². The predicted molar refractivity (Wildman–Crippen MR) is 77.9 cm³/mol. The molecule has 2 N–H and O–H groups in total. The molecular weight excluding hydrogens is 242 g/mol. The SMILES string of the molecule is c1cc(NCC2CCSC2)cc(-c2ccn[nH]2)c1. The first kappa shape index (κ1) is 11.7. The summed E-state index contributed by atoms with van der Waals surface area (Å²) in [5, 5.41) is 10.5. The minimum absolute atomic E-state index is 0.825. The maximum atomic E-state index is 3.99. The predicted octanol–water partition coefficient (Wildman–Crippen LogP) is 3.24. The molecular formula is C14H17N3S. The van der Waals surface area contributed by atoms with Crippen LogP contribution in [0.4, 0.5) is 5.69 Å². The second kappa shape index (κ2) is 5.48. The summed E-state index contributed by atoms with van der Waals surface area (Å²) in [5.74, 6) is 3.44. The van der Waals surface area contributed by atoms with E-state index in [1.165, 1.54) is 29.2 Å². The van der Waals surface area contributed by atoms with Crippen molar-refractivity contribution in [2.24, 2.45) is 5.92 Å². The van der Waals surface area contributed by atoms with Crippen LogP contribution in [0.5, 0.6) is 0 Å². The Morgan fingerprint density at radius 1 is 1.39 bits per heavy atom. The number of anilines is 1. The monoisotopic (exact) mass is 259 g/mol. The summed E-state index contributed by atoms with van der Waals surface area (Å²) in [5.41, 5.74) is 3.44. The molecule has 1 aliphatic heterocycles. The number of benzene rings is 1. The number of rotatable bonds is 4. The summed E-state index contributed by atoms with van der Waals surface area (Å²) in [4.78, 5) is 0. The average Bonchev–Trinajstić information content (AvgIpc) is 3.10. The van der Waals surface area contributed by atoms with Gasteiger partial charge in [0, 0.05) is 24.0 Å². The molecule has 0 amide bonds. The number of nitrogens with zero attached hydrogens (tertiary/aromatic N) is 1. The number of thioether (sulfide) groups is 1. The lowest BCUT2D eigenvalue weighted by Crippen LogP contribution is -2.13. The van der Waals surface area contributed by atoms with E-state index in [2.05, 4.69) is 51.5 Å². The van der Waals surface area contributed by atoms with Crippen molar-refractivity contribution < 1.29 is 0 Å². The fraction of sp³-hybridized carbons (Fsp3) is 0.357. The number of aromatic amines is 1. The van der Waals surface area contributed by atoms with E-state index in [4.69, 9.17) is 0 Å². The topological polar surface area (TPSA) is 40.7 Å². The van der Waals surface area contributed by atoms with Gasteiger partial charge in [-0.2, -0.15) is 16.9 Å². The molecule has 1 aromatic carbocycles. The number of hydrogen-bond acceptors (Lipinski definition) is 3. The van der Waals surface area contributed by atoms with Gasteiger partial charge in [0.05, 0.1) is 5.69 Å². The number of aromatic nitrogens is 2. The molecule has 0 bridgehead atoms. The van der Waals surface area contributed by atoms with Crippen molar-refractivity contribution >= 4 is 17.4 Å². The highest BCUT2D eigenvalue weighted by atomic mass is 32.2. The van der Waals surface area contributed by atoms with Crippen LogP contribution in [0, 0.1) is 5.92 Å². The van der Waals surface area contributed by atoms with E-state index >= 15 is 0 Å². The molecule has 2 aromatic rings. The minimum atomic E-state index is 0.825. The van der Waals surface area contributed by atoms with Crippen molar-refractivity contribution in [2.45, 2.75) is 6.42 Å². The molecule has 1 aliphatic rings. The molecule has 18 heavy (non-hydrogen) atoms. The maximum absolute atomic E-state index is 3.99. The molecule has 4 heteroatoms. The van der Waals surface area contributed by atoms with Crippen LogP contribution in [-0.4, -0.2) is 28.2 Å². The Balaban J connectivity index is 1.67. The Bertz CT molecular complexity index is 490. The number of H-pyrrole nitrogens is 1. The van der Waals surface area contributed by atoms with Crippen molar-refractivity contribution in [1.29, 1.82) is 0 Å². The molecule has 1 aromatic heterocycles. The first-order valence-electron chi connectivity index (χ1n) is 6.33. The lowest BCUT2D eigenvalue weighted by Gasteiger charge is -2.11. The van der Waals surface area contributed by atoms with E-state index in [-0.39, 0.29) is 0 Å². The first-order valence-corrected chi connectivity index (χ1v) is 7.49. The van der Waals surface area contributed by atoms with Gasteiger partial charge in [0.2, 0.25) is 0 Å². The minimum Gasteiger partial charge on any atom is -0.385 e. The van der Waals surface area contributed by atoms with Crippen LogP contribution in [0.3, 0.4) is 0 Å². The third kappa shape index (κ3) is 2.70. The molecule has 1 fully saturated rings. The lowest BCUT2D eigenvalue weighted by molar-refractivity contribution is 0.632.